The van der Waals surface area contributed by atoms with E-state index in [9.17, 15) is 9.90 Å². The van der Waals surface area contributed by atoms with Crippen molar-refractivity contribution < 1.29 is 9.90 Å². The van der Waals surface area contributed by atoms with Gasteiger partial charge in [0, 0.05) is 68.8 Å². The van der Waals surface area contributed by atoms with E-state index in [2.05, 4.69) is 35.7 Å². The van der Waals surface area contributed by atoms with Crippen molar-refractivity contribution in [2.75, 3.05) is 25.5 Å². The fraction of sp³-hybridized carbons (Fsp3) is 0.318. The molecule has 0 aliphatic carbocycles. The fourth-order valence-electron chi connectivity index (χ4n) is 3.98. The first kappa shape index (κ1) is 21.0. The lowest BCUT2D eigenvalue weighted by Crippen LogP contribution is -2.49. The molecule has 3 N–H and O–H groups in total. The third kappa shape index (κ3) is 4.03. The lowest BCUT2D eigenvalue weighted by molar-refractivity contribution is -0.00297. The van der Waals surface area contributed by atoms with Crippen molar-refractivity contribution in [1.29, 1.82) is 0 Å². The van der Waals surface area contributed by atoms with Crippen LogP contribution in [0.4, 0.5) is 11.6 Å². The Hall–Kier alpha value is -3.83. The number of anilines is 2. The fourth-order valence-corrected chi connectivity index (χ4v) is 3.98. The number of hydrogen-bond donors (Lipinski definition) is 3. The van der Waals surface area contributed by atoms with Crippen molar-refractivity contribution in [2.24, 2.45) is 7.05 Å². The number of benzene rings is 1. The SMILES string of the molecule is CNC(=O)c1nn(C)c2ccc(Nc3nccc(-n4cc(CN5CC(O)C5)c(C)n4)n3)cc12. The van der Waals surface area contributed by atoms with Gasteiger partial charge >= 0.3 is 0 Å². The van der Waals surface area contributed by atoms with Crippen molar-refractivity contribution in [2.45, 2.75) is 19.6 Å². The molecule has 0 spiro atoms. The van der Waals surface area contributed by atoms with Crippen LogP contribution in [0.3, 0.4) is 0 Å². The maximum Gasteiger partial charge on any atom is 0.272 e. The Kier molecular flexibility index (Phi) is 5.27. The number of β-amino-alcohol motifs (C(OH)–C–C–N with tert-alkyl or cyclic N) is 1. The van der Waals surface area contributed by atoms with Gasteiger partial charge in [0.05, 0.1) is 17.3 Å². The summed E-state index contributed by atoms with van der Waals surface area (Å²) in [4.78, 5) is 23.3. The highest BCUT2D eigenvalue weighted by Gasteiger charge is 2.25. The van der Waals surface area contributed by atoms with Crippen LogP contribution in [0, 0.1) is 6.92 Å². The maximum atomic E-state index is 12.2. The number of aliphatic hydroxyl groups is 1. The molecule has 1 amide bonds. The molecule has 1 saturated heterocycles. The van der Waals surface area contributed by atoms with Crippen LogP contribution in [-0.4, -0.2) is 71.7 Å². The zero-order valence-electron chi connectivity index (χ0n) is 18.6. The number of nitrogens with one attached hydrogen (secondary N) is 2. The summed E-state index contributed by atoms with van der Waals surface area (Å²) in [5.74, 6) is 0.811. The second-order valence-corrected chi connectivity index (χ2v) is 8.18. The van der Waals surface area contributed by atoms with Crippen LogP contribution in [0.1, 0.15) is 21.7 Å². The number of rotatable bonds is 6. The van der Waals surface area contributed by atoms with Crippen molar-refractivity contribution in [3.63, 3.8) is 0 Å². The summed E-state index contributed by atoms with van der Waals surface area (Å²) in [6, 6.07) is 7.45. The lowest BCUT2D eigenvalue weighted by atomic mass is 10.1. The number of carbonyl (C=O) groups excluding carboxylic acids is 1. The van der Waals surface area contributed by atoms with Gasteiger partial charge in [-0.25, -0.2) is 9.67 Å². The Morgan fingerprint density at radius 2 is 2.06 bits per heavy atom. The lowest BCUT2D eigenvalue weighted by Gasteiger charge is -2.35. The molecule has 1 aliphatic rings. The number of aromatic nitrogens is 6. The molecule has 11 nitrogen and oxygen atoms in total. The molecule has 33 heavy (non-hydrogen) atoms. The molecule has 1 aliphatic heterocycles. The van der Waals surface area contributed by atoms with E-state index in [1.807, 2.05) is 31.3 Å². The second kappa shape index (κ2) is 8.26. The van der Waals surface area contributed by atoms with Crippen LogP contribution < -0.4 is 10.6 Å². The zero-order valence-corrected chi connectivity index (χ0v) is 18.6. The summed E-state index contributed by atoms with van der Waals surface area (Å²) in [6.45, 7) is 4.09. The number of nitrogens with zero attached hydrogens (tertiary/aromatic N) is 7. The van der Waals surface area contributed by atoms with Crippen LogP contribution >= 0.6 is 0 Å². The molecule has 170 valence electrons. The number of amides is 1. The third-order valence-corrected chi connectivity index (χ3v) is 5.76. The average molecular weight is 448 g/mol. The number of hydrogen-bond acceptors (Lipinski definition) is 8. The zero-order chi connectivity index (χ0) is 23.1. The molecule has 0 unspecified atom stereocenters. The highest BCUT2D eigenvalue weighted by molar-refractivity contribution is 6.05. The van der Waals surface area contributed by atoms with E-state index in [-0.39, 0.29) is 12.0 Å². The molecule has 0 saturated carbocycles. The minimum Gasteiger partial charge on any atom is -0.390 e. The molecule has 0 bridgehead atoms. The van der Waals surface area contributed by atoms with Crippen molar-refractivity contribution in [3.8, 4) is 5.82 Å². The quantitative estimate of drug-likeness (QED) is 0.402. The first-order valence-electron chi connectivity index (χ1n) is 10.7. The minimum atomic E-state index is -0.242. The summed E-state index contributed by atoms with van der Waals surface area (Å²) in [7, 11) is 3.39. The minimum absolute atomic E-state index is 0.228. The normalized spacial score (nSPS) is 14.4. The van der Waals surface area contributed by atoms with Crippen LogP contribution in [0.5, 0.6) is 0 Å². The highest BCUT2D eigenvalue weighted by Crippen LogP contribution is 2.24. The molecule has 4 heterocycles. The van der Waals surface area contributed by atoms with Gasteiger partial charge in [-0.1, -0.05) is 0 Å². The molecule has 1 fully saturated rings. The smallest absolute Gasteiger partial charge is 0.272 e. The molecule has 4 aromatic rings. The Morgan fingerprint density at radius 3 is 2.82 bits per heavy atom. The summed E-state index contributed by atoms with van der Waals surface area (Å²) < 4.78 is 3.42. The van der Waals surface area contributed by atoms with Crippen molar-refractivity contribution >= 4 is 28.4 Å². The molecular weight excluding hydrogens is 422 g/mol. The second-order valence-electron chi connectivity index (χ2n) is 8.18. The maximum absolute atomic E-state index is 12.2. The summed E-state index contributed by atoms with van der Waals surface area (Å²) >= 11 is 0. The Morgan fingerprint density at radius 1 is 1.24 bits per heavy atom. The summed E-state index contributed by atoms with van der Waals surface area (Å²) in [6.07, 6.45) is 3.41. The molecule has 11 heteroatoms. The first-order valence-corrected chi connectivity index (χ1v) is 10.7. The number of aliphatic hydroxyl groups excluding tert-OH is 1. The van der Waals surface area contributed by atoms with E-state index in [4.69, 9.17) is 0 Å². The van der Waals surface area contributed by atoms with Crippen molar-refractivity contribution in [3.05, 3.63) is 53.6 Å². The van der Waals surface area contributed by atoms with E-state index in [0.717, 1.165) is 34.4 Å². The number of likely N-dealkylation sites (tertiary alicyclic amines) is 1. The largest absolute Gasteiger partial charge is 0.390 e. The van der Waals surface area contributed by atoms with E-state index < -0.39 is 0 Å². The van der Waals surface area contributed by atoms with Crippen LogP contribution in [0.2, 0.25) is 0 Å². The summed E-state index contributed by atoms with van der Waals surface area (Å²) in [5.41, 5.74) is 3.98. The molecule has 1 aromatic carbocycles. The molecular formula is C22H25N9O2. The van der Waals surface area contributed by atoms with Gasteiger partial charge in [-0.05, 0) is 25.1 Å². The standard InChI is InChI=1S/C22H25N9O2/c1-13-14(9-30-11-16(32)12-30)10-31(27-13)19-6-7-24-22(26-19)25-15-4-5-18-17(8-15)20(21(33)23-2)28-29(18)3/h4-8,10,16,32H,9,11-12H2,1-3H3,(H,23,33)(H,24,25,26). The van der Waals surface area contributed by atoms with Crippen LogP contribution in [-0.2, 0) is 13.6 Å². The van der Waals surface area contributed by atoms with Gasteiger partial charge in [0.25, 0.3) is 5.91 Å². The van der Waals surface area contributed by atoms with Gasteiger partial charge in [-0.3, -0.25) is 14.4 Å². The van der Waals surface area contributed by atoms with Gasteiger partial charge in [-0.2, -0.15) is 15.2 Å². The van der Waals surface area contributed by atoms with Gasteiger partial charge in [0.15, 0.2) is 11.5 Å². The number of fused-ring (bicyclic) bond motifs is 1. The average Bonchev–Trinajstić information content (AvgIpc) is 3.32. The van der Waals surface area contributed by atoms with E-state index in [1.54, 1.807) is 35.7 Å². The molecule has 0 atom stereocenters. The van der Waals surface area contributed by atoms with Crippen LogP contribution in [0.15, 0.2) is 36.7 Å². The number of aryl methyl sites for hydroxylation is 2. The highest BCUT2D eigenvalue weighted by atomic mass is 16.3. The van der Waals surface area contributed by atoms with E-state index in [0.29, 0.717) is 30.5 Å². The molecule has 5 rings (SSSR count). The predicted octanol–water partition coefficient (Wildman–Crippen LogP) is 1.14. The Labute approximate surface area is 190 Å². The predicted molar refractivity (Wildman–Crippen MR) is 123 cm³/mol. The topological polar surface area (TPSA) is 126 Å². The first-order chi connectivity index (χ1) is 15.9. The monoisotopic (exact) mass is 447 g/mol. The van der Waals surface area contributed by atoms with Crippen LogP contribution in [0.25, 0.3) is 16.7 Å². The van der Waals surface area contributed by atoms with E-state index in [1.165, 1.54) is 0 Å². The van der Waals surface area contributed by atoms with Gasteiger partial charge < -0.3 is 15.7 Å². The van der Waals surface area contributed by atoms with Gasteiger partial charge in [0.2, 0.25) is 5.95 Å². The van der Waals surface area contributed by atoms with Crippen molar-refractivity contribution in [1.82, 2.24) is 39.7 Å². The Bertz CT molecular complexity index is 1340. The molecule has 3 aromatic heterocycles. The van der Waals surface area contributed by atoms with Gasteiger partial charge in [-0.15, -0.1) is 0 Å². The Balaban J connectivity index is 1.39. The summed E-state index contributed by atoms with van der Waals surface area (Å²) in [5, 5.41) is 25.0. The number of carbonyl (C=O) groups is 1. The third-order valence-electron chi connectivity index (χ3n) is 5.76. The molecule has 0 radical (unpaired) electrons. The van der Waals surface area contributed by atoms with Gasteiger partial charge in [0.1, 0.15) is 0 Å². The van der Waals surface area contributed by atoms with E-state index >= 15 is 0 Å².